The standard InChI is InChI=1S/C22H28N2O5S/c1-14-12-15(2)21(16(3)13-14)24-22(26)17(4)29-20(25)11-8-18-6-9-19(10-7-18)30(27,28)23-5/h6-7,9-10,12-13,17,23H,8,11H2,1-5H3,(H,24,26). The molecule has 1 amide bonds. The number of aryl methyl sites for hydroxylation is 4. The smallest absolute Gasteiger partial charge is 0.306 e. The summed E-state index contributed by atoms with van der Waals surface area (Å²) in [4.78, 5) is 24.7. The Kier molecular flexibility index (Phi) is 7.75. The molecule has 0 aliphatic heterocycles. The number of nitrogens with one attached hydrogen (secondary N) is 2. The highest BCUT2D eigenvalue weighted by Crippen LogP contribution is 2.22. The van der Waals surface area contributed by atoms with Gasteiger partial charge in [0.2, 0.25) is 10.0 Å². The van der Waals surface area contributed by atoms with Crippen molar-refractivity contribution in [2.75, 3.05) is 12.4 Å². The fourth-order valence-electron chi connectivity index (χ4n) is 3.11. The van der Waals surface area contributed by atoms with Crippen LogP contribution in [0.2, 0.25) is 0 Å². The van der Waals surface area contributed by atoms with Gasteiger partial charge in [-0.1, -0.05) is 29.8 Å². The molecular formula is C22H28N2O5S. The van der Waals surface area contributed by atoms with Crippen LogP contribution in [0, 0.1) is 20.8 Å². The highest BCUT2D eigenvalue weighted by Gasteiger charge is 2.19. The second-order valence-electron chi connectivity index (χ2n) is 7.25. The summed E-state index contributed by atoms with van der Waals surface area (Å²) in [6, 6.07) is 10.2. The summed E-state index contributed by atoms with van der Waals surface area (Å²) in [6.07, 6.45) is -0.470. The van der Waals surface area contributed by atoms with Gasteiger partial charge >= 0.3 is 5.97 Å². The minimum absolute atomic E-state index is 0.0817. The lowest BCUT2D eigenvalue weighted by molar-refractivity contribution is -0.153. The average molecular weight is 433 g/mol. The summed E-state index contributed by atoms with van der Waals surface area (Å²) >= 11 is 0. The van der Waals surface area contributed by atoms with Gasteiger partial charge in [0.15, 0.2) is 6.10 Å². The summed E-state index contributed by atoms with van der Waals surface area (Å²) in [5, 5.41) is 2.83. The molecule has 2 rings (SSSR count). The summed E-state index contributed by atoms with van der Waals surface area (Å²) < 4.78 is 31.0. The first-order valence-electron chi connectivity index (χ1n) is 9.64. The second kappa shape index (κ2) is 9.86. The van der Waals surface area contributed by atoms with E-state index in [-0.39, 0.29) is 17.2 Å². The van der Waals surface area contributed by atoms with E-state index in [1.165, 1.54) is 26.1 Å². The zero-order valence-electron chi connectivity index (χ0n) is 17.9. The molecule has 0 spiro atoms. The van der Waals surface area contributed by atoms with E-state index in [9.17, 15) is 18.0 Å². The number of sulfonamides is 1. The Morgan fingerprint density at radius 2 is 1.60 bits per heavy atom. The summed E-state index contributed by atoms with van der Waals surface area (Å²) in [7, 11) is -2.15. The number of hydrogen-bond acceptors (Lipinski definition) is 5. The molecule has 0 heterocycles. The van der Waals surface area contributed by atoms with Gasteiger partial charge in [-0.05, 0) is 70.0 Å². The maximum absolute atomic E-state index is 12.4. The van der Waals surface area contributed by atoms with Crippen LogP contribution in [0.3, 0.4) is 0 Å². The van der Waals surface area contributed by atoms with E-state index in [1.54, 1.807) is 12.1 Å². The van der Waals surface area contributed by atoms with Crippen molar-refractivity contribution in [2.24, 2.45) is 0 Å². The van der Waals surface area contributed by atoms with Crippen LogP contribution in [0.15, 0.2) is 41.3 Å². The molecule has 0 aromatic heterocycles. The molecule has 0 aliphatic rings. The summed E-state index contributed by atoms with van der Waals surface area (Å²) in [5.41, 5.74) is 4.53. The van der Waals surface area contributed by atoms with Crippen molar-refractivity contribution in [3.05, 3.63) is 58.7 Å². The lowest BCUT2D eigenvalue weighted by Crippen LogP contribution is -2.30. The molecule has 162 valence electrons. The molecule has 2 aromatic rings. The van der Waals surface area contributed by atoms with Crippen LogP contribution in [-0.4, -0.2) is 33.4 Å². The zero-order chi connectivity index (χ0) is 22.5. The van der Waals surface area contributed by atoms with Crippen molar-refractivity contribution in [1.82, 2.24) is 4.72 Å². The molecule has 0 saturated carbocycles. The lowest BCUT2D eigenvalue weighted by atomic mass is 10.0. The lowest BCUT2D eigenvalue weighted by Gasteiger charge is -2.17. The van der Waals surface area contributed by atoms with E-state index in [0.29, 0.717) is 6.42 Å². The molecule has 0 radical (unpaired) electrons. The first-order chi connectivity index (χ1) is 14.0. The molecule has 0 aliphatic carbocycles. The molecule has 1 unspecified atom stereocenters. The number of esters is 1. The third-order valence-corrected chi connectivity index (χ3v) is 6.15. The molecule has 0 bridgehead atoms. The largest absolute Gasteiger partial charge is 0.453 e. The second-order valence-corrected chi connectivity index (χ2v) is 9.13. The van der Waals surface area contributed by atoms with Crippen molar-refractivity contribution in [2.45, 2.75) is 51.5 Å². The van der Waals surface area contributed by atoms with Crippen LogP contribution in [-0.2, 0) is 30.8 Å². The minimum atomic E-state index is -3.49. The van der Waals surface area contributed by atoms with Crippen LogP contribution in [0.5, 0.6) is 0 Å². The summed E-state index contributed by atoms with van der Waals surface area (Å²) in [6.45, 7) is 7.35. The Bertz CT molecular complexity index is 1010. The van der Waals surface area contributed by atoms with Crippen LogP contribution >= 0.6 is 0 Å². The Morgan fingerprint density at radius 1 is 1.03 bits per heavy atom. The molecule has 30 heavy (non-hydrogen) atoms. The van der Waals surface area contributed by atoms with Gasteiger partial charge in [-0.3, -0.25) is 9.59 Å². The molecule has 1 atom stereocenters. The zero-order valence-corrected chi connectivity index (χ0v) is 18.7. The Hall–Kier alpha value is -2.71. The predicted molar refractivity (Wildman–Crippen MR) is 116 cm³/mol. The third kappa shape index (κ3) is 6.14. The van der Waals surface area contributed by atoms with Gasteiger partial charge < -0.3 is 10.1 Å². The van der Waals surface area contributed by atoms with Crippen LogP contribution in [0.4, 0.5) is 5.69 Å². The monoisotopic (exact) mass is 432 g/mol. The quantitative estimate of drug-likeness (QED) is 0.625. The third-order valence-electron chi connectivity index (χ3n) is 4.72. The number of carbonyl (C=O) groups excluding carboxylic acids is 2. The highest BCUT2D eigenvalue weighted by atomic mass is 32.2. The first kappa shape index (κ1) is 23.6. The molecule has 0 saturated heterocycles. The number of rotatable bonds is 8. The van der Waals surface area contributed by atoms with Crippen molar-refractivity contribution >= 4 is 27.6 Å². The van der Waals surface area contributed by atoms with Crippen molar-refractivity contribution in [3.63, 3.8) is 0 Å². The van der Waals surface area contributed by atoms with E-state index in [1.807, 2.05) is 32.9 Å². The maximum Gasteiger partial charge on any atom is 0.306 e. The molecule has 0 fully saturated rings. The fraction of sp³-hybridized carbons (Fsp3) is 0.364. The number of benzene rings is 2. The predicted octanol–water partition coefficient (Wildman–Crippen LogP) is 3.02. The van der Waals surface area contributed by atoms with E-state index < -0.39 is 22.1 Å². The number of anilines is 1. The van der Waals surface area contributed by atoms with Crippen LogP contribution < -0.4 is 10.0 Å². The van der Waals surface area contributed by atoms with Crippen molar-refractivity contribution in [3.8, 4) is 0 Å². The van der Waals surface area contributed by atoms with Crippen LogP contribution in [0.1, 0.15) is 35.6 Å². The van der Waals surface area contributed by atoms with Crippen molar-refractivity contribution < 1.29 is 22.7 Å². The van der Waals surface area contributed by atoms with Crippen molar-refractivity contribution in [1.29, 1.82) is 0 Å². The van der Waals surface area contributed by atoms with E-state index in [2.05, 4.69) is 10.0 Å². The molecule has 2 aromatic carbocycles. The Labute approximate surface area is 177 Å². The summed E-state index contributed by atoms with van der Waals surface area (Å²) in [5.74, 6) is -0.887. The van der Waals surface area contributed by atoms with E-state index in [0.717, 1.165) is 27.9 Å². The molecule has 2 N–H and O–H groups in total. The first-order valence-corrected chi connectivity index (χ1v) is 11.1. The van der Waals surface area contributed by atoms with Gasteiger partial charge in [0.05, 0.1) is 4.90 Å². The maximum atomic E-state index is 12.4. The SMILES string of the molecule is CNS(=O)(=O)c1ccc(CCC(=O)OC(C)C(=O)Nc2c(C)cc(C)cc2C)cc1. The molecule has 7 nitrogen and oxygen atoms in total. The average Bonchev–Trinajstić information content (AvgIpc) is 2.69. The minimum Gasteiger partial charge on any atom is -0.453 e. The Balaban J connectivity index is 1.89. The number of amides is 1. The van der Waals surface area contributed by atoms with E-state index >= 15 is 0 Å². The van der Waals surface area contributed by atoms with E-state index in [4.69, 9.17) is 4.74 Å². The van der Waals surface area contributed by atoms with Gasteiger partial charge in [0.25, 0.3) is 5.91 Å². The van der Waals surface area contributed by atoms with Gasteiger partial charge in [0, 0.05) is 12.1 Å². The van der Waals surface area contributed by atoms with Crippen LogP contribution in [0.25, 0.3) is 0 Å². The normalized spacial score (nSPS) is 12.3. The van der Waals surface area contributed by atoms with Gasteiger partial charge in [-0.2, -0.15) is 0 Å². The number of ether oxygens (including phenoxy) is 1. The van der Waals surface area contributed by atoms with Gasteiger partial charge in [-0.25, -0.2) is 13.1 Å². The Morgan fingerprint density at radius 3 is 2.13 bits per heavy atom. The highest BCUT2D eigenvalue weighted by molar-refractivity contribution is 7.89. The molecule has 8 heteroatoms. The molecular weight excluding hydrogens is 404 g/mol. The number of hydrogen-bond donors (Lipinski definition) is 2. The fourth-order valence-corrected chi connectivity index (χ4v) is 3.84. The number of carbonyl (C=O) groups is 2. The van der Waals surface area contributed by atoms with Gasteiger partial charge in [-0.15, -0.1) is 0 Å². The topological polar surface area (TPSA) is 102 Å². The van der Waals surface area contributed by atoms with Gasteiger partial charge in [0.1, 0.15) is 0 Å².